The van der Waals surface area contributed by atoms with Crippen molar-refractivity contribution in [3.8, 4) is 5.75 Å². The maximum Gasteiger partial charge on any atom is 0.326 e. The lowest BCUT2D eigenvalue weighted by atomic mass is 10.3. The Morgan fingerprint density at radius 3 is 2.76 bits per heavy atom. The second-order valence-corrected chi connectivity index (χ2v) is 5.25. The molecule has 0 bridgehead atoms. The third-order valence-corrected chi connectivity index (χ3v) is 3.78. The molecule has 0 spiro atoms. The molecule has 0 unspecified atom stereocenters. The molecule has 7 heteroatoms. The summed E-state index contributed by atoms with van der Waals surface area (Å²) in [6, 6.07) is 5.48. The van der Waals surface area contributed by atoms with Crippen molar-refractivity contribution in [2.45, 2.75) is 20.4 Å². The first-order chi connectivity index (χ1) is 10.0. The molecule has 0 atom stereocenters. The van der Waals surface area contributed by atoms with Gasteiger partial charge in [-0.05, 0) is 25.1 Å². The number of methoxy groups -OCH3 is 1. The van der Waals surface area contributed by atoms with Crippen molar-refractivity contribution in [3.05, 3.63) is 23.0 Å². The largest absolute Gasteiger partial charge is 0.497 e. The minimum Gasteiger partial charge on any atom is -0.497 e. The minimum absolute atomic E-state index is 0.0201. The molecule has 1 aromatic carbocycles. The molecule has 2 aromatic rings. The molecule has 0 N–H and O–H groups in total. The maximum atomic E-state index is 11.7. The lowest BCUT2D eigenvalue weighted by Gasteiger charge is -2.05. The van der Waals surface area contributed by atoms with Gasteiger partial charge in [0, 0.05) is 6.92 Å². The van der Waals surface area contributed by atoms with E-state index in [2.05, 4.69) is 4.99 Å². The van der Waals surface area contributed by atoms with E-state index in [9.17, 15) is 9.59 Å². The van der Waals surface area contributed by atoms with Crippen molar-refractivity contribution >= 4 is 33.4 Å². The Kier molecular flexibility index (Phi) is 4.74. The molecule has 2 rings (SSSR count). The number of carbonyl (C=O) groups excluding carboxylic acids is 2. The number of carbonyl (C=O) groups is 2. The Bertz CT molecular complexity index is 745. The van der Waals surface area contributed by atoms with Gasteiger partial charge in [0.25, 0.3) is 0 Å². The number of hydrogen-bond donors (Lipinski definition) is 0. The van der Waals surface area contributed by atoms with Gasteiger partial charge in [-0.25, -0.2) is 0 Å². The van der Waals surface area contributed by atoms with Gasteiger partial charge in [0.15, 0.2) is 4.80 Å². The van der Waals surface area contributed by atoms with Crippen LogP contribution in [0.25, 0.3) is 10.2 Å². The van der Waals surface area contributed by atoms with Gasteiger partial charge in [-0.3, -0.25) is 9.59 Å². The van der Waals surface area contributed by atoms with E-state index in [-0.39, 0.29) is 18.4 Å². The van der Waals surface area contributed by atoms with Crippen LogP contribution in [0.4, 0.5) is 0 Å². The van der Waals surface area contributed by atoms with Gasteiger partial charge < -0.3 is 14.0 Å². The molecule has 0 saturated heterocycles. The first kappa shape index (κ1) is 15.2. The molecule has 1 heterocycles. The van der Waals surface area contributed by atoms with Crippen LogP contribution in [0.5, 0.6) is 5.75 Å². The normalized spacial score (nSPS) is 11.7. The first-order valence-corrected chi connectivity index (χ1v) is 7.25. The summed E-state index contributed by atoms with van der Waals surface area (Å²) in [5.41, 5.74) is 0.814. The van der Waals surface area contributed by atoms with Crippen molar-refractivity contribution in [3.63, 3.8) is 0 Å². The number of ether oxygens (including phenoxy) is 2. The number of hydrogen-bond acceptors (Lipinski definition) is 5. The molecule has 0 aliphatic carbocycles. The summed E-state index contributed by atoms with van der Waals surface area (Å²) in [6.07, 6.45) is 0. The van der Waals surface area contributed by atoms with E-state index >= 15 is 0 Å². The van der Waals surface area contributed by atoms with Crippen molar-refractivity contribution in [2.24, 2.45) is 4.99 Å². The summed E-state index contributed by atoms with van der Waals surface area (Å²) < 4.78 is 12.7. The lowest BCUT2D eigenvalue weighted by Crippen LogP contribution is -2.22. The predicted molar refractivity (Wildman–Crippen MR) is 79.2 cm³/mol. The molecule has 21 heavy (non-hydrogen) atoms. The van der Waals surface area contributed by atoms with Crippen LogP contribution in [0.3, 0.4) is 0 Å². The minimum atomic E-state index is -0.363. The third kappa shape index (κ3) is 3.49. The van der Waals surface area contributed by atoms with Crippen molar-refractivity contribution in [1.29, 1.82) is 0 Å². The molecule has 0 radical (unpaired) electrons. The third-order valence-electron chi connectivity index (χ3n) is 2.74. The van der Waals surface area contributed by atoms with Crippen LogP contribution in [0, 0.1) is 0 Å². The average molecular weight is 308 g/mol. The Morgan fingerprint density at radius 1 is 1.38 bits per heavy atom. The highest BCUT2D eigenvalue weighted by atomic mass is 32.1. The van der Waals surface area contributed by atoms with E-state index in [0.29, 0.717) is 17.2 Å². The highest BCUT2D eigenvalue weighted by Gasteiger charge is 2.12. The molecule has 0 aliphatic heterocycles. The Hall–Kier alpha value is -2.15. The molecule has 1 amide bonds. The number of nitrogens with zero attached hydrogens (tertiary/aromatic N) is 2. The zero-order valence-electron chi connectivity index (χ0n) is 12.1. The topological polar surface area (TPSA) is 69.9 Å². The van der Waals surface area contributed by atoms with E-state index in [1.54, 1.807) is 24.7 Å². The number of benzene rings is 1. The van der Waals surface area contributed by atoms with Crippen LogP contribution in [0.2, 0.25) is 0 Å². The zero-order valence-corrected chi connectivity index (χ0v) is 12.9. The summed E-state index contributed by atoms with van der Waals surface area (Å²) in [5, 5.41) is 0. The van der Waals surface area contributed by atoms with E-state index in [4.69, 9.17) is 9.47 Å². The van der Waals surface area contributed by atoms with Crippen LogP contribution in [0.1, 0.15) is 13.8 Å². The van der Waals surface area contributed by atoms with Crippen molar-refractivity contribution in [1.82, 2.24) is 4.57 Å². The molecule has 0 saturated carbocycles. The van der Waals surface area contributed by atoms with Gasteiger partial charge in [0.2, 0.25) is 5.91 Å². The Morgan fingerprint density at radius 2 is 2.14 bits per heavy atom. The van der Waals surface area contributed by atoms with E-state index in [1.807, 2.05) is 12.1 Å². The summed E-state index contributed by atoms with van der Waals surface area (Å²) in [5.74, 6) is 0.0329. The number of aromatic nitrogens is 1. The SMILES string of the molecule is CCOC(=O)Cn1c(=NC(C)=O)sc2cc(OC)ccc21. The van der Waals surface area contributed by atoms with Crippen molar-refractivity contribution < 1.29 is 19.1 Å². The fourth-order valence-electron chi connectivity index (χ4n) is 1.89. The smallest absolute Gasteiger partial charge is 0.326 e. The van der Waals surface area contributed by atoms with E-state index in [0.717, 1.165) is 10.2 Å². The number of amides is 1. The van der Waals surface area contributed by atoms with Crippen LogP contribution in [-0.4, -0.2) is 30.2 Å². The Labute approximate surface area is 125 Å². The summed E-state index contributed by atoms with van der Waals surface area (Å²) in [4.78, 5) is 27.4. The van der Waals surface area contributed by atoms with Crippen LogP contribution < -0.4 is 9.54 Å². The highest BCUT2D eigenvalue weighted by molar-refractivity contribution is 7.16. The van der Waals surface area contributed by atoms with Gasteiger partial charge in [-0.1, -0.05) is 11.3 Å². The lowest BCUT2D eigenvalue weighted by molar-refractivity contribution is -0.143. The second-order valence-electron chi connectivity index (χ2n) is 4.24. The van der Waals surface area contributed by atoms with Gasteiger partial charge in [0.05, 0.1) is 23.9 Å². The molecule has 0 aliphatic rings. The fourth-order valence-corrected chi connectivity index (χ4v) is 2.99. The van der Waals surface area contributed by atoms with Crippen LogP contribution in [-0.2, 0) is 20.9 Å². The fraction of sp³-hybridized carbons (Fsp3) is 0.357. The first-order valence-electron chi connectivity index (χ1n) is 6.43. The quantitative estimate of drug-likeness (QED) is 0.806. The number of rotatable bonds is 4. The molecular formula is C14H16N2O4S. The standard InChI is InChI=1S/C14H16N2O4S/c1-4-20-13(18)8-16-11-6-5-10(19-3)7-12(11)21-14(16)15-9(2)17/h5-7H,4,8H2,1-3H3. The zero-order chi connectivity index (χ0) is 15.4. The summed E-state index contributed by atoms with van der Waals surface area (Å²) in [7, 11) is 1.59. The van der Waals surface area contributed by atoms with Gasteiger partial charge in [-0.15, -0.1) is 0 Å². The molecule has 0 fully saturated rings. The molecular weight excluding hydrogens is 292 g/mol. The van der Waals surface area contributed by atoms with Crippen molar-refractivity contribution in [2.75, 3.05) is 13.7 Å². The monoisotopic (exact) mass is 308 g/mol. The van der Waals surface area contributed by atoms with E-state index < -0.39 is 0 Å². The van der Waals surface area contributed by atoms with Gasteiger partial charge >= 0.3 is 5.97 Å². The van der Waals surface area contributed by atoms with E-state index in [1.165, 1.54) is 18.3 Å². The van der Waals surface area contributed by atoms with Gasteiger partial charge in [-0.2, -0.15) is 4.99 Å². The number of thiazole rings is 1. The van der Waals surface area contributed by atoms with Crippen LogP contribution in [0.15, 0.2) is 23.2 Å². The molecule has 112 valence electrons. The number of fused-ring (bicyclic) bond motifs is 1. The highest BCUT2D eigenvalue weighted by Crippen LogP contribution is 2.23. The summed E-state index contributed by atoms with van der Waals surface area (Å²) in [6.45, 7) is 3.46. The van der Waals surface area contributed by atoms with Crippen LogP contribution >= 0.6 is 11.3 Å². The molecule has 6 nitrogen and oxygen atoms in total. The summed E-state index contributed by atoms with van der Waals surface area (Å²) >= 11 is 1.33. The second kappa shape index (κ2) is 6.53. The van der Waals surface area contributed by atoms with Gasteiger partial charge in [0.1, 0.15) is 12.3 Å². The maximum absolute atomic E-state index is 11.7. The number of esters is 1. The Balaban J connectivity index is 2.58. The predicted octanol–water partition coefficient (Wildman–Crippen LogP) is 1.72. The molecule has 1 aromatic heterocycles. The average Bonchev–Trinajstić information content (AvgIpc) is 2.75.